The molecule has 428 valence electrons. The van der Waals surface area contributed by atoms with Crippen molar-refractivity contribution >= 4 is 53.3 Å². The zero-order valence-electron chi connectivity index (χ0n) is 47.7. The number of likely N-dealkylation sites (N-methyl/N-ethyl adjacent to an activating group) is 2. The van der Waals surface area contributed by atoms with E-state index in [2.05, 4.69) is 59.7 Å². The fourth-order valence-electron chi connectivity index (χ4n) is 11.3. The van der Waals surface area contributed by atoms with Gasteiger partial charge in [-0.25, -0.2) is 0 Å². The lowest BCUT2D eigenvalue weighted by molar-refractivity contribution is -0.147. The zero-order chi connectivity index (χ0) is 57.8. The summed E-state index contributed by atoms with van der Waals surface area (Å²) in [6.45, 7) is 14.4. The molecule has 0 bridgehead atoms. The number of anilines is 1. The van der Waals surface area contributed by atoms with E-state index >= 15 is 0 Å². The molecule has 9 atom stereocenters. The molecule has 1 aromatic heterocycles. The molecule has 8 rings (SSSR count). The maximum Gasteiger partial charge on any atom is 0.302 e. The molecule has 80 heavy (non-hydrogen) atoms. The van der Waals surface area contributed by atoms with Crippen LogP contribution >= 0.6 is 0 Å². The molecule has 1 fully saturated rings. The molecule has 3 aromatic carbocycles. The molecule has 3 heterocycles. The van der Waals surface area contributed by atoms with Gasteiger partial charge in [-0.15, -0.1) is 0 Å². The van der Waals surface area contributed by atoms with Crippen LogP contribution in [0, 0.1) is 10.8 Å². The molecule has 0 spiro atoms. The standard InChI is InChI=1S/C60H79N11O9/c1-33(61-9)50(72)67-48(59(3,4)5)56(78)70-30-39-27-38(26-25-37(39)28-46(70)54(76)64-43-23-15-19-35-17-11-13-21-41(35)43)52(74)69-58-66-45(32-80-58)53(75)63-40-29-47(55(77)65-44-24-16-20-36-18-12-14-22-42(36)44)71(31-40)57(79)49(60(6,7)8)68-51(73)34(2)62-10/h11-14,17-18,21-22,25-27,32-34,40,43-44,46-49,61-62H,15-16,19-20,23-24,28-31H2,1-10H3,(H,63,75)(H,64,76)(H,65,77)(H,67,72)(H,68,73)(H,66,69,74)/t33-,34-,40-,43+,44+,46-,47-,48+,49+/m0/s1. The van der Waals surface area contributed by atoms with Gasteiger partial charge in [0.15, 0.2) is 5.69 Å². The van der Waals surface area contributed by atoms with E-state index in [0.717, 1.165) is 67.0 Å². The van der Waals surface area contributed by atoms with E-state index in [1.165, 1.54) is 15.4 Å². The lowest BCUT2D eigenvalue weighted by Gasteiger charge is -2.42. The number of nitrogens with one attached hydrogen (secondary N) is 8. The Labute approximate surface area is 468 Å². The molecule has 20 nitrogen and oxygen atoms in total. The number of nitrogens with zero attached hydrogens (tertiary/aromatic N) is 3. The number of likely N-dealkylation sites (tertiary alicyclic amines) is 1. The number of rotatable bonds is 16. The highest BCUT2D eigenvalue weighted by molar-refractivity contribution is 6.04. The summed E-state index contributed by atoms with van der Waals surface area (Å²) < 4.78 is 5.60. The predicted octanol–water partition coefficient (Wildman–Crippen LogP) is 4.54. The maximum absolute atomic E-state index is 14.9. The third-order valence-electron chi connectivity index (χ3n) is 16.2. The van der Waals surface area contributed by atoms with Gasteiger partial charge in [-0.1, -0.05) is 96.1 Å². The normalized spacial score (nSPS) is 21.2. The summed E-state index contributed by atoms with van der Waals surface area (Å²) in [5.41, 5.74) is 4.29. The van der Waals surface area contributed by atoms with Gasteiger partial charge in [-0.05, 0) is 129 Å². The smallest absolute Gasteiger partial charge is 0.302 e. The van der Waals surface area contributed by atoms with Crippen molar-refractivity contribution in [2.24, 2.45) is 10.8 Å². The van der Waals surface area contributed by atoms with E-state index in [-0.39, 0.29) is 78.9 Å². The van der Waals surface area contributed by atoms with Gasteiger partial charge in [0, 0.05) is 31.1 Å². The monoisotopic (exact) mass is 1100 g/mol. The van der Waals surface area contributed by atoms with Crippen molar-refractivity contribution in [1.29, 1.82) is 0 Å². The Morgan fingerprint density at radius 3 is 1.69 bits per heavy atom. The molecular weight excluding hydrogens is 1020 g/mol. The van der Waals surface area contributed by atoms with Gasteiger partial charge in [-0.2, -0.15) is 4.98 Å². The summed E-state index contributed by atoms with van der Waals surface area (Å²) in [5.74, 6) is -3.66. The second-order valence-corrected chi connectivity index (χ2v) is 24.0. The molecule has 4 aliphatic rings. The second kappa shape index (κ2) is 24.5. The van der Waals surface area contributed by atoms with Crippen LogP contribution in [0.2, 0.25) is 0 Å². The van der Waals surface area contributed by atoms with Crippen LogP contribution in [0.25, 0.3) is 0 Å². The van der Waals surface area contributed by atoms with Gasteiger partial charge >= 0.3 is 6.01 Å². The number of amides is 8. The number of carbonyl (C=O) groups is 8. The number of fused-ring (bicyclic) bond motifs is 3. The summed E-state index contributed by atoms with van der Waals surface area (Å²) >= 11 is 0. The van der Waals surface area contributed by atoms with Crippen LogP contribution in [0.15, 0.2) is 77.4 Å². The molecule has 0 radical (unpaired) electrons. The van der Waals surface area contributed by atoms with E-state index in [9.17, 15) is 38.4 Å². The van der Waals surface area contributed by atoms with Crippen molar-refractivity contribution in [3.8, 4) is 0 Å². The first-order valence-corrected chi connectivity index (χ1v) is 28.0. The summed E-state index contributed by atoms with van der Waals surface area (Å²) in [4.78, 5) is 120. The number of aromatic nitrogens is 1. The van der Waals surface area contributed by atoms with Gasteiger partial charge in [0.05, 0.1) is 24.2 Å². The summed E-state index contributed by atoms with van der Waals surface area (Å²) in [5, 5.41) is 23.7. The van der Waals surface area contributed by atoms with Crippen LogP contribution in [0.5, 0.6) is 0 Å². The Balaban J connectivity index is 0.983. The van der Waals surface area contributed by atoms with E-state index in [1.807, 2.05) is 77.9 Å². The van der Waals surface area contributed by atoms with Crippen molar-refractivity contribution in [2.45, 2.75) is 168 Å². The van der Waals surface area contributed by atoms with E-state index in [0.29, 0.717) is 5.56 Å². The average molecular weight is 1100 g/mol. The van der Waals surface area contributed by atoms with E-state index < -0.39 is 76.8 Å². The van der Waals surface area contributed by atoms with Crippen molar-refractivity contribution in [2.75, 3.05) is 26.0 Å². The highest BCUT2D eigenvalue weighted by Gasteiger charge is 2.47. The Kier molecular flexibility index (Phi) is 18.0. The number of aryl methyl sites for hydroxylation is 2. The van der Waals surface area contributed by atoms with Gasteiger partial charge < -0.3 is 51.4 Å². The first-order chi connectivity index (χ1) is 37.9. The lowest BCUT2D eigenvalue weighted by Crippen LogP contribution is -2.62. The lowest BCUT2D eigenvalue weighted by atomic mass is 9.83. The third kappa shape index (κ3) is 13.2. The number of hydrogen-bond donors (Lipinski definition) is 8. The average Bonchev–Trinajstić information content (AvgIpc) is 4.14. The van der Waals surface area contributed by atoms with Crippen LogP contribution in [-0.4, -0.2) is 125 Å². The number of carbonyl (C=O) groups excluding carboxylic acids is 8. The zero-order valence-corrected chi connectivity index (χ0v) is 47.7. The highest BCUT2D eigenvalue weighted by Crippen LogP contribution is 2.35. The van der Waals surface area contributed by atoms with Crippen molar-refractivity contribution in [1.82, 2.24) is 52.0 Å². The topological polar surface area (TPSA) is 265 Å². The van der Waals surface area contributed by atoms with Crippen LogP contribution in [-0.2, 0) is 54.6 Å². The molecule has 1 saturated heterocycles. The number of oxazole rings is 1. The number of hydrogen-bond acceptors (Lipinski definition) is 12. The molecular formula is C60H79N11O9. The minimum absolute atomic E-state index is 0.0374. The number of benzene rings is 3. The summed E-state index contributed by atoms with van der Waals surface area (Å²) in [6, 6.07) is 14.4. The van der Waals surface area contributed by atoms with Gasteiger partial charge in [0.1, 0.15) is 30.4 Å². The molecule has 0 unspecified atom stereocenters. The van der Waals surface area contributed by atoms with Crippen LogP contribution < -0.4 is 42.5 Å². The van der Waals surface area contributed by atoms with Crippen LogP contribution in [0.4, 0.5) is 6.01 Å². The van der Waals surface area contributed by atoms with Crippen LogP contribution in [0.1, 0.15) is 154 Å². The van der Waals surface area contributed by atoms with Crippen molar-refractivity contribution in [3.05, 3.63) is 118 Å². The fourth-order valence-corrected chi connectivity index (χ4v) is 11.3. The molecule has 2 aliphatic carbocycles. The Morgan fingerprint density at radius 1 is 0.625 bits per heavy atom. The van der Waals surface area contributed by atoms with Gasteiger partial charge in [0.25, 0.3) is 11.8 Å². The molecule has 8 amide bonds. The Hall–Kier alpha value is -7.45. The van der Waals surface area contributed by atoms with E-state index in [4.69, 9.17) is 4.42 Å². The van der Waals surface area contributed by atoms with Crippen LogP contribution in [0.3, 0.4) is 0 Å². The minimum atomic E-state index is -1.01. The molecule has 2 aliphatic heterocycles. The third-order valence-corrected chi connectivity index (χ3v) is 16.2. The predicted molar refractivity (Wildman–Crippen MR) is 301 cm³/mol. The van der Waals surface area contributed by atoms with E-state index in [1.54, 1.807) is 46.1 Å². The van der Waals surface area contributed by atoms with Crippen molar-refractivity contribution < 1.29 is 42.8 Å². The van der Waals surface area contributed by atoms with Gasteiger partial charge in [-0.3, -0.25) is 43.7 Å². The summed E-state index contributed by atoms with van der Waals surface area (Å²) in [7, 11) is 3.30. The van der Waals surface area contributed by atoms with Crippen molar-refractivity contribution in [3.63, 3.8) is 0 Å². The highest BCUT2D eigenvalue weighted by atomic mass is 16.4. The first-order valence-electron chi connectivity index (χ1n) is 28.0. The molecule has 0 saturated carbocycles. The quantitative estimate of drug-likeness (QED) is 0.0769. The largest absolute Gasteiger partial charge is 0.431 e. The Morgan fingerprint density at radius 2 is 1.15 bits per heavy atom. The molecule has 20 heteroatoms. The summed E-state index contributed by atoms with van der Waals surface area (Å²) in [6.07, 6.45) is 6.36. The molecule has 4 aromatic rings. The molecule has 8 N–H and O–H groups in total. The fraction of sp³-hybridized carbons (Fsp3) is 0.517. The Bertz CT molecular complexity index is 3000. The maximum atomic E-state index is 14.9. The second-order valence-electron chi connectivity index (χ2n) is 24.0. The first kappa shape index (κ1) is 58.7. The minimum Gasteiger partial charge on any atom is -0.431 e. The van der Waals surface area contributed by atoms with Gasteiger partial charge in [0.2, 0.25) is 35.4 Å². The SMILES string of the molecule is CN[C@@H](C)C(=O)N[C@H](C(=O)N1Cc2cc(C(=O)Nc3nc(C(=O)N[C@H]4C[C@@H](C(=O)N[C@@H]5CCCc6ccccc65)N(C(=O)[C@@H](NC(=O)[C@H](C)NC)C(C)(C)C)C4)co3)ccc2C[C@H]1C(=O)N[C@@H]1CCCc2ccccc21)C(C)(C)C.